The fourth-order valence-electron chi connectivity index (χ4n) is 2.28. The zero-order valence-corrected chi connectivity index (χ0v) is 11.1. The molecule has 1 saturated heterocycles. The summed E-state index contributed by atoms with van der Waals surface area (Å²) in [7, 11) is 0. The first kappa shape index (κ1) is 14.4. The van der Waals surface area contributed by atoms with E-state index in [0.717, 1.165) is 45.6 Å². The van der Waals surface area contributed by atoms with Gasteiger partial charge >= 0.3 is 0 Å². The van der Waals surface area contributed by atoms with Crippen molar-refractivity contribution in [2.45, 2.75) is 45.3 Å². The van der Waals surface area contributed by atoms with Gasteiger partial charge < -0.3 is 10.1 Å². The third-order valence-electron chi connectivity index (χ3n) is 3.10. The van der Waals surface area contributed by atoms with Crippen LogP contribution in [-0.4, -0.2) is 49.8 Å². The second kappa shape index (κ2) is 8.46. The van der Waals surface area contributed by atoms with E-state index in [1.54, 1.807) is 0 Å². The number of likely N-dealkylation sites (tertiary alicyclic amines) is 1. The molecule has 17 heavy (non-hydrogen) atoms. The third kappa shape index (κ3) is 5.49. The molecule has 0 aliphatic carbocycles. The molecule has 0 radical (unpaired) electrons. The molecule has 0 amide bonds. The summed E-state index contributed by atoms with van der Waals surface area (Å²) in [5.74, 6) is 0. The van der Waals surface area contributed by atoms with Crippen LogP contribution in [0.15, 0.2) is 0 Å². The maximum atomic E-state index is 9.08. The average molecular weight is 239 g/mol. The molecule has 0 saturated carbocycles. The number of nitriles is 1. The van der Waals surface area contributed by atoms with E-state index < -0.39 is 0 Å². The Labute approximate surface area is 105 Å². The lowest BCUT2D eigenvalue weighted by Crippen LogP contribution is -2.46. The monoisotopic (exact) mass is 239 g/mol. The Morgan fingerprint density at radius 2 is 2.35 bits per heavy atom. The molecule has 1 aliphatic heterocycles. The zero-order chi connectivity index (χ0) is 12.5. The average Bonchev–Trinajstić information content (AvgIpc) is 2.35. The third-order valence-corrected chi connectivity index (χ3v) is 3.10. The molecule has 1 fully saturated rings. The first-order chi connectivity index (χ1) is 8.30. The van der Waals surface area contributed by atoms with Crippen molar-refractivity contribution in [2.24, 2.45) is 0 Å². The largest absolute Gasteiger partial charge is 0.377 e. The summed E-state index contributed by atoms with van der Waals surface area (Å²) in [5, 5.41) is 12.4. The Balaban J connectivity index is 2.31. The van der Waals surface area contributed by atoms with Crippen molar-refractivity contribution < 1.29 is 4.74 Å². The molecule has 0 bridgehead atoms. The zero-order valence-electron chi connectivity index (χ0n) is 11.1. The predicted molar refractivity (Wildman–Crippen MR) is 68.8 cm³/mol. The molecular weight excluding hydrogens is 214 g/mol. The molecule has 4 heteroatoms. The highest BCUT2D eigenvalue weighted by Crippen LogP contribution is 2.13. The summed E-state index contributed by atoms with van der Waals surface area (Å²) >= 11 is 0. The molecule has 4 nitrogen and oxygen atoms in total. The van der Waals surface area contributed by atoms with Crippen LogP contribution >= 0.6 is 0 Å². The summed E-state index contributed by atoms with van der Waals surface area (Å²) < 4.78 is 5.66. The van der Waals surface area contributed by atoms with Gasteiger partial charge in [0, 0.05) is 19.7 Å². The van der Waals surface area contributed by atoms with E-state index in [2.05, 4.69) is 23.2 Å². The summed E-state index contributed by atoms with van der Waals surface area (Å²) in [4.78, 5) is 2.35. The number of rotatable bonds is 7. The Bertz CT molecular complexity index is 237. The van der Waals surface area contributed by atoms with E-state index >= 15 is 0 Å². The topological polar surface area (TPSA) is 48.3 Å². The Hall–Kier alpha value is -0.630. The highest BCUT2D eigenvalue weighted by atomic mass is 16.5. The smallest absolute Gasteiger partial charge is 0.108 e. The molecule has 1 rings (SSSR count). The molecule has 1 aliphatic rings. The molecule has 0 aromatic heterocycles. The lowest BCUT2D eigenvalue weighted by Gasteiger charge is -2.33. The molecule has 1 heterocycles. The molecule has 0 aromatic rings. The van der Waals surface area contributed by atoms with Crippen LogP contribution in [0.25, 0.3) is 0 Å². The Morgan fingerprint density at radius 3 is 3.00 bits per heavy atom. The molecule has 2 atom stereocenters. The summed E-state index contributed by atoms with van der Waals surface area (Å²) in [6.07, 6.45) is 3.76. The number of nitrogens with zero attached hydrogens (tertiary/aromatic N) is 2. The minimum absolute atomic E-state index is 0.0460. The fraction of sp³-hybridized carbons (Fsp3) is 0.923. The second-order valence-electron chi connectivity index (χ2n) is 4.61. The van der Waals surface area contributed by atoms with Crippen LogP contribution in [0, 0.1) is 11.3 Å². The van der Waals surface area contributed by atoms with Crippen molar-refractivity contribution in [1.82, 2.24) is 10.2 Å². The van der Waals surface area contributed by atoms with E-state index in [1.165, 1.54) is 6.42 Å². The van der Waals surface area contributed by atoms with Crippen molar-refractivity contribution in [3.05, 3.63) is 0 Å². The Kier molecular flexibility index (Phi) is 7.18. The Morgan fingerprint density at radius 1 is 1.53 bits per heavy atom. The van der Waals surface area contributed by atoms with Crippen LogP contribution in [0.5, 0.6) is 0 Å². The summed E-state index contributed by atoms with van der Waals surface area (Å²) in [5.41, 5.74) is 0. The van der Waals surface area contributed by atoms with E-state index in [-0.39, 0.29) is 6.04 Å². The van der Waals surface area contributed by atoms with Gasteiger partial charge in [0.1, 0.15) is 6.04 Å². The van der Waals surface area contributed by atoms with E-state index in [1.807, 2.05) is 6.92 Å². The van der Waals surface area contributed by atoms with Gasteiger partial charge in [-0.05, 0) is 39.3 Å². The van der Waals surface area contributed by atoms with Crippen molar-refractivity contribution in [1.29, 1.82) is 5.26 Å². The lowest BCUT2D eigenvalue weighted by molar-refractivity contribution is 0.00492. The maximum Gasteiger partial charge on any atom is 0.108 e. The van der Waals surface area contributed by atoms with Gasteiger partial charge in [0.05, 0.1) is 12.2 Å². The first-order valence-corrected chi connectivity index (χ1v) is 6.77. The number of hydrogen-bond donors (Lipinski definition) is 1. The van der Waals surface area contributed by atoms with Crippen LogP contribution < -0.4 is 5.32 Å². The summed E-state index contributed by atoms with van der Waals surface area (Å²) in [6.45, 7) is 8.75. The first-order valence-electron chi connectivity index (χ1n) is 6.77. The quantitative estimate of drug-likeness (QED) is 0.729. The SMILES string of the molecule is CCCNC(C#N)CN1CCCC(OCC)C1. The normalized spacial score (nSPS) is 23.2. The van der Waals surface area contributed by atoms with Crippen LogP contribution in [0.4, 0.5) is 0 Å². The molecule has 0 aromatic carbocycles. The maximum absolute atomic E-state index is 9.08. The number of ether oxygens (including phenoxy) is 1. The van der Waals surface area contributed by atoms with Crippen LogP contribution in [0.2, 0.25) is 0 Å². The van der Waals surface area contributed by atoms with Crippen molar-refractivity contribution in [3.63, 3.8) is 0 Å². The number of hydrogen-bond acceptors (Lipinski definition) is 4. The van der Waals surface area contributed by atoms with E-state index in [0.29, 0.717) is 6.10 Å². The van der Waals surface area contributed by atoms with E-state index in [4.69, 9.17) is 10.00 Å². The molecule has 98 valence electrons. The van der Waals surface area contributed by atoms with Gasteiger partial charge in [0.2, 0.25) is 0 Å². The van der Waals surface area contributed by atoms with Crippen molar-refractivity contribution >= 4 is 0 Å². The van der Waals surface area contributed by atoms with Gasteiger partial charge in [0.15, 0.2) is 0 Å². The van der Waals surface area contributed by atoms with E-state index in [9.17, 15) is 0 Å². The minimum atomic E-state index is -0.0460. The van der Waals surface area contributed by atoms with Gasteiger partial charge in [-0.1, -0.05) is 6.92 Å². The molecule has 2 unspecified atom stereocenters. The van der Waals surface area contributed by atoms with Gasteiger partial charge in [-0.3, -0.25) is 4.90 Å². The standard InChI is InChI=1S/C13H25N3O/c1-3-7-15-12(9-14)10-16-8-5-6-13(11-16)17-4-2/h12-13,15H,3-8,10-11H2,1-2H3. The van der Waals surface area contributed by atoms with Crippen molar-refractivity contribution in [2.75, 3.05) is 32.8 Å². The lowest BCUT2D eigenvalue weighted by atomic mass is 10.1. The molecule has 1 N–H and O–H groups in total. The predicted octanol–water partition coefficient (Wildman–Crippen LogP) is 1.38. The van der Waals surface area contributed by atoms with Crippen molar-refractivity contribution in [3.8, 4) is 6.07 Å². The van der Waals surface area contributed by atoms with Gasteiger partial charge in [0.25, 0.3) is 0 Å². The van der Waals surface area contributed by atoms with Crippen LogP contribution in [-0.2, 0) is 4.74 Å². The molecular formula is C13H25N3O. The molecule has 0 spiro atoms. The minimum Gasteiger partial charge on any atom is -0.377 e. The van der Waals surface area contributed by atoms with Crippen LogP contribution in [0.1, 0.15) is 33.1 Å². The number of piperidine rings is 1. The van der Waals surface area contributed by atoms with Gasteiger partial charge in [-0.2, -0.15) is 5.26 Å². The van der Waals surface area contributed by atoms with Crippen LogP contribution in [0.3, 0.4) is 0 Å². The second-order valence-corrected chi connectivity index (χ2v) is 4.61. The van der Waals surface area contributed by atoms with Gasteiger partial charge in [-0.25, -0.2) is 0 Å². The number of nitrogens with one attached hydrogen (secondary N) is 1. The highest BCUT2D eigenvalue weighted by Gasteiger charge is 2.22. The summed E-state index contributed by atoms with van der Waals surface area (Å²) in [6, 6.07) is 2.29. The highest BCUT2D eigenvalue weighted by molar-refractivity contribution is 4.93. The van der Waals surface area contributed by atoms with Gasteiger partial charge in [-0.15, -0.1) is 0 Å². The fourth-order valence-corrected chi connectivity index (χ4v) is 2.28.